The maximum Gasteiger partial charge on any atom is 0.241 e. The molecule has 0 spiro atoms. The Hall–Kier alpha value is -2.07. The molecule has 7 nitrogen and oxygen atoms in total. The number of nitrogens with two attached hydrogens (primary N) is 1. The van der Waals surface area contributed by atoms with Crippen molar-refractivity contribution in [2.75, 3.05) is 0 Å². The highest BCUT2D eigenvalue weighted by atomic mass is 32.2. The minimum atomic E-state index is -4.35. The fourth-order valence-corrected chi connectivity index (χ4v) is 1.98. The third kappa shape index (κ3) is 2.91. The van der Waals surface area contributed by atoms with Gasteiger partial charge in [-0.1, -0.05) is 5.16 Å². The first-order valence-electron chi connectivity index (χ1n) is 5.22. The molecule has 2 N–H and O–H groups in total. The lowest BCUT2D eigenvalue weighted by atomic mass is 10.3. The topological polar surface area (TPSA) is 108 Å². The Balaban J connectivity index is 2.24. The quantitative estimate of drug-likeness (QED) is 0.898. The first-order valence-corrected chi connectivity index (χ1v) is 6.76. The van der Waals surface area contributed by atoms with Crippen LogP contribution in [0.5, 0.6) is 5.75 Å². The van der Waals surface area contributed by atoms with Crippen LogP contribution < -0.4 is 9.88 Å². The van der Waals surface area contributed by atoms with Gasteiger partial charge in [0.1, 0.15) is 4.90 Å². The number of aryl methyl sites for hydroxylation is 1. The molecular weight excluding hydrogens is 296 g/mol. The van der Waals surface area contributed by atoms with Crippen LogP contribution in [0.3, 0.4) is 0 Å². The van der Waals surface area contributed by atoms with Crippen LogP contribution in [0.15, 0.2) is 21.6 Å². The van der Waals surface area contributed by atoms with Crippen LogP contribution in [0.1, 0.15) is 11.7 Å². The zero-order valence-corrected chi connectivity index (χ0v) is 10.9. The molecule has 0 saturated carbocycles. The summed E-state index contributed by atoms with van der Waals surface area (Å²) in [4.78, 5) is 2.85. The average molecular weight is 305 g/mol. The molecule has 0 aliphatic carbocycles. The Morgan fingerprint density at radius 2 is 2.05 bits per heavy atom. The minimum Gasteiger partial charge on any atom is -0.482 e. The second-order valence-corrected chi connectivity index (χ2v) is 5.28. The van der Waals surface area contributed by atoms with Crippen molar-refractivity contribution < 1.29 is 26.5 Å². The molecule has 0 amide bonds. The maximum absolute atomic E-state index is 13.6. The van der Waals surface area contributed by atoms with Crippen LogP contribution in [0.2, 0.25) is 0 Å². The smallest absolute Gasteiger partial charge is 0.241 e. The van der Waals surface area contributed by atoms with Crippen LogP contribution >= 0.6 is 0 Å². The van der Waals surface area contributed by atoms with Crippen LogP contribution in [0.4, 0.5) is 8.78 Å². The summed E-state index contributed by atoms with van der Waals surface area (Å²) >= 11 is 0. The van der Waals surface area contributed by atoms with Crippen molar-refractivity contribution in [1.29, 1.82) is 0 Å². The molecule has 0 aliphatic heterocycles. The Bertz CT molecular complexity index is 745. The van der Waals surface area contributed by atoms with E-state index in [4.69, 9.17) is 9.88 Å². The number of rotatable bonds is 4. The zero-order valence-electron chi connectivity index (χ0n) is 10.1. The van der Waals surface area contributed by atoms with E-state index in [2.05, 4.69) is 14.7 Å². The molecule has 1 aromatic carbocycles. The lowest BCUT2D eigenvalue weighted by Gasteiger charge is -2.07. The molecule has 0 aliphatic rings. The molecule has 10 heteroatoms. The minimum absolute atomic E-state index is 0.137. The van der Waals surface area contributed by atoms with Crippen molar-refractivity contribution in [3.05, 3.63) is 35.5 Å². The normalized spacial score (nSPS) is 11.6. The van der Waals surface area contributed by atoms with E-state index in [0.717, 1.165) is 12.1 Å². The number of halogens is 2. The largest absolute Gasteiger partial charge is 0.482 e. The molecule has 0 unspecified atom stereocenters. The molecule has 0 saturated heterocycles. The molecule has 1 heterocycles. The van der Waals surface area contributed by atoms with E-state index in [1.165, 1.54) is 0 Å². The molecule has 0 bridgehead atoms. The lowest BCUT2D eigenvalue weighted by molar-refractivity contribution is 0.267. The van der Waals surface area contributed by atoms with E-state index in [9.17, 15) is 17.2 Å². The van der Waals surface area contributed by atoms with Gasteiger partial charge < -0.3 is 9.26 Å². The fourth-order valence-electron chi connectivity index (χ4n) is 1.39. The predicted octanol–water partition coefficient (Wildman–Crippen LogP) is 0.883. The van der Waals surface area contributed by atoms with Crippen molar-refractivity contribution in [1.82, 2.24) is 10.1 Å². The average Bonchev–Trinajstić information content (AvgIpc) is 2.75. The number of hydrogen-bond acceptors (Lipinski definition) is 6. The number of benzene rings is 1. The van der Waals surface area contributed by atoms with Crippen LogP contribution in [0, 0.1) is 18.6 Å². The van der Waals surface area contributed by atoms with Crippen molar-refractivity contribution in [2.45, 2.75) is 18.4 Å². The summed E-state index contributed by atoms with van der Waals surface area (Å²) in [6.07, 6.45) is 0. The van der Waals surface area contributed by atoms with Crippen molar-refractivity contribution in [3.63, 3.8) is 0 Å². The van der Waals surface area contributed by atoms with Gasteiger partial charge in [0.25, 0.3) is 0 Å². The summed E-state index contributed by atoms with van der Waals surface area (Å²) in [6.45, 7) is 1.29. The van der Waals surface area contributed by atoms with Gasteiger partial charge in [0, 0.05) is 6.92 Å². The van der Waals surface area contributed by atoms with Gasteiger partial charge in [-0.15, -0.1) is 0 Å². The summed E-state index contributed by atoms with van der Waals surface area (Å²) in [5, 5.41) is 8.23. The van der Waals surface area contributed by atoms with E-state index in [1.807, 2.05) is 0 Å². The second kappa shape index (κ2) is 5.13. The first-order chi connectivity index (χ1) is 9.29. The van der Waals surface area contributed by atoms with Gasteiger partial charge >= 0.3 is 0 Å². The summed E-state index contributed by atoms with van der Waals surface area (Å²) < 4.78 is 58.7. The van der Waals surface area contributed by atoms with Gasteiger partial charge in [0.15, 0.2) is 18.2 Å². The molecule has 20 heavy (non-hydrogen) atoms. The third-order valence-electron chi connectivity index (χ3n) is 2.24. The fraction of sp³-hybridized carbons (Fsp3) is 0.200. The first kappa shape index (κ1) is 14.3. The molecule has 1 aromatic heterocycles. The highest BCUT2D eigenvalue weighted by molar-refractivity contribution is 7.89. The Kier molecular flexibility index (Phi) is 3.68. The molecule has 2 aromatic rings. The molecule has 0 radical (unpaired) electrons. The SMILES string of the molecule is Cc1nc(COc2ccc(S(N)(=O)=O)c(F)c2F)no1. The second-order valence-electron chi connectivity index (χ2n) is 3.75. The van der Waals surface area contributed by atoms with Crippen LogP contribution in [-0.4, -0.2) is 18.6 Å². The van der Waals surface area contributed by atoms with Gasteiger partial charge in [-0.2, -0.15) is 9.37 Å². The predicted molar refractivity (Wildman–Crippen MR) is 61.1 cm³/mol. The number of sulfonamides is 1. The van der Waals surface area contributed by atoms with E-state index in [-0.39, 0.29) is 12.4 Å². The Morgan fingerprint density at radius 3 is 2.60 bits per heavy atom. The van der Waals surface area contributed by atoms with Gasteiger partial charge in [0.2, 0.25) is 27.6 Å². The molecule has 108 valence electrons. The zero-order chi connectivity index (χ0) is 14.9. The monoisotopic (exact) mass is 305 g/mol. The summed E-state index contributed by atoms with van der Waals surface area (Å²) in [5.41, 5.74) is 0. The van der Waals surface area contributed by atoms with Crippen molar-refractivity contribution in [2.24, 2.45) is 5.14 Å². The number of primary sulfonamides is 1. The van der Waals surface area contributed by atoms with E-state index < -0.39 is 32.3 Å². The third-order valence-corrected chi connectivity index (χ3v) is 3.17. The summed E-state index contributed by atoms with van der Waals surface area (Å²) in [5.74, 6) is -3.12. The lowest BCUT2D eigenvalue weighted by Crippen LogP contribution is -2.15. The number of nitrogens with zero attached hydrogens (tertiary/aromatic N) is 2. The summed E-state index contributed by atoms with van der Waals surface area (Å²) in [7, 11) is -4.35. The van der Waals surface area contributed by atoms with E-state index in [0.29, 0.717) is 5.89 Å². The van der Waals surface area contributed by atoms with Gasteiger partial charge in [-0.3, -0.25) is 0 Å². The van der Waals surface area contributed by atoms with E-state index in [1.54, 1.807) is 6.92 Å². The number of ether oxygens (including phenoxy) is 1. The van der Waals surface area contributed by atoms with Crippen LogP contribution in [0.25, 0.3) is 0 Å². The highest BCUT2D eigenvalue weighted by Crippen LogP contribution is 2.25. The van der Waals surface area contributed by atoms with E-state index >= 15 is 0 Å². The van der Waals surface area contributed by atoms with Crippen LogP contribution in [-0.2, 0) is 16.6 Å². The molecule has 0 atom stereocenters. The van der Waals surface area contributed by atoms with Crippen molar-refractivity contribution >= 4 is 10.0 Å². The molecule has 0 fully saturated rings. The highest BCUT2D eigenvalue weighted by Gasteiger charge is 2.21. The van der Waals surface area contributed by atoms with Gasteiger partial charge in [0.05, 0.1) is 0 Å². The van der Waals surface area contributed by atoms with Gasteiger partial charge in [-0.25, -0.2) is 17.9 Å². The van der Waals surface area contributed by atoms with Gasteiger partial charge in [-0.05, 0) is 12.1 Å². The molecule has 2 rings (SSSR count). The van der Waals surface area contributed by atoms with Crippen molar-refractivity contribution in [3.8, 4) is 5.75 Å². The number of aromatic nitrogens is 2. The standard InChI is InChI=1S/C10H9F2N3O4S/c1-5-14-8(15-19-5)4-18-6-2-3-7(20(13,16)17)10(12)9(6)11/h2-3H,4H2,1H3,(H2,13,16,17). The molecular formula is C10H9F2N3O4S. The summed E-state index contributed by atoms with van der Waals surface area (Å²) in [6, 6.07) is 1.76. The Morgan fingerprint density at radius 1 is 1.35 bits per heavy atom. The maximum atomic E-state index is 13.6. The number of hydrogen-bond donors (Lipinski definition) is 1. The Labute approximate surface area is 112 Å².